The van der Waals surface area contributed by atoms with E-state index < -0.39 is 0 Å². The van der Waals surface area contributed by atoms with Crippen molar-refractivity contribution < 1.29 is 9.90 Å². The second kappa shape index (κ2) is 5.32. The summed E-state index contributed by atoms with van der Waals surface area (Å²) in [7, 11) is 0. The van der Waals surface area contributed by atoms with Crippen molar-refractivity contribution in [2.45, 2.75) is 19.8 Å². The Morgan fingerprint density at radius 1 is 1.47 bits per heavy atom. The first kappa shape index (κ1) is 12.1. The third-order valence-electron chi connectivity index (χ3n) is 3.49. The fourth-order valence-electron chi connectivity index (χ4n) is 2.42. The molecular weight excluding hydrogens is 214 g/mol. The van der Waals surface area contributed by atoms with Crippen LogP contribution in [0.2, 0.25) is 0 Å². The van der Waals surface area contributed by atoms with E-state index in [1.165, 1.54) is 0 Å². The lowest BCUT2D eigenvalue weighted by Crippen LogP contribution is -2.29. The lowest BCUT2D eigenvalue weighted by atomic mass is 10.1. The first-order valence-corrected chi connectivity index (χ1v) is 6.18. The zero-order chi connectivity index (χ0) is 12.3. The Bertz CT molecular complexity index is 403. The second-order valence-electron chi connectivity index (χ2n) is 4.73. The van der Waals surface area contributed by atoms with E-state index in [1.54, 1.807) is 0 Å². The lowest BCUT2D eigenvalue weighted by molar-refractivity contribution is 0.0784. The molecule has 1 fully saturated rings. The molecule has 0 radical (unpaired) electrons. The molecule has 17 heavy (non-hydrogen) atoms. The van der Waals surface area contributed by atoms with Gasteiger partial charge in [-0.1, -0.05) is 18.2 Å². The minimum Gasteiger partial charge on any atom is -0.396 e. The van der Waals surface area contributed by atoms with E-state index in [4.69, 9.17) is 5.11 Å². The molecule has 3 nitrogen and oxygen atoms in total. The molecule has 2 rings (SSSR count). The van der Waals surface area contributed by atoms with Crippen molar-refractivity contribution in [2.24, 2.45) is 5.92 Å². The van der Waals surface area contributed by atoms with Gasteiger partial charge in [0.25, 0.3) is 5.91 Å². The Morgan fingerprint density at radius 2 is 2.24 bits per heavy atom. The number of likely N-dealkylation sites (tertiary alicyclic amines) is 1. The van der Waals surface area contributed by atoms with Gasteiger partial charge < -0.3 is 10.0 Å². The molecule has 3 heteroatoms. The zero-order valence-electron chi connectivity index (χ0n) is 10.2. The highest BCUT2D eigenvalue weighted by atomic mass is 16.3. The third kappa shape index (κ3) is 2.67. The Labute approximate surface area is 102 Å². The summed E-state index contributed by atoms with van der Waals surface area (Å²) >= 11 is 0. The van der Waals surface area contributed by atoms with Gasteiger partial charge in [0.15, 0.2) is 0 Å². The maximum atomic E-state index is 12.3. The van der Waals surface area contributed by atoms with E-state index >= 15 is 0 Å². The highest BCUT2D eigenvalue weighted by Gasteiger charge is 2.26. The summed E-state index contributed by atoms with van der Waals surface area (Å²) in [5.41, 5.74) is 1.83. The number of aliphatic hydroxyl groups is 1. The van der Waals surface area contributed by atoms with Crippen LogP contribution < -0.4 is 0 Å². The predicted molar refractivity (Wildman–Crippen MR) is 66.9 cm³/mol. The zero-order valence-corrected chi connectivity index (χ0v) is 10.2. The maximum Gasteiger partial charge on any atom is 0.254 e. The van der Waals surface area contributed by atoms with Crippen LogP contribution in [0.5, 0.6) is 0 Å². The van der Waals surface area contributed by atoms with Crippen LogP contribution in [0.15, 0.2) is 24.3 Å². The number of hydrogen-bond donors (Lipinski definition) is 1. The van der Waals surface area contributed by atoms with Gasteiger partial charge in [-0.3, -0.25) is 4.79 Å². The van der Waals surface area contributed by atoms with Crippen LogP contribution >= 0.6 is 0 Å². The Balaban J connectivity index is 2.05. The summed E-state index contributed by atoms with van der Waals surface area (Å²) in [5.74, 6) is 0.594. The van der Waals surface area contributed by atoms with E-state index in [0.717, 1.165) is 37.1 Å². The molecule has 1 atom stereocenters. The average molecular weight is 233 g/mol. The summed E-state index contributed by atoms with van der Waals surface area (Å²) in [4.78, 5) is 14.2. The Morgan fingerprint density at radius 3 is 2.94 bits per heavy atom. The van der Waals surface area contributed by atoms with Crippen molar-refractivity contribution in [3.63, 3.8) is 0 Å². The van der Waals surface area contributed by atoms with Crippen LogP contribution in [-0.4, -0.2) is 35.6 Å². The number of rotatable bonds is 3. The summed E-state index contributed by atoms with van der Waals surface area (Å²) in [6.07, 6.45) is 1.82. The molecule has 0 aliphatic carbocycles. The summed E-state index contributed by atoms with van der Waals surface area (Å²) in [6.45, 7) is 3.79. The molecule has 1 aromatic rings. The van der Waals surface area contributed by atoms with Crippen LogP contribution in [0.1, 0.15) is 28.8 Å². The fraction of sp³-hybridized carbons (Fsp3) is 0.500. The van der Waals surface area contributed by atoms with Gasteiger partial charge in [0.2, 0.25) is 0 Å². The van der Waals surface area contributed by atoms with Gasteiger partial charge in [-0.2, -0.15) is 0 Å². The van der Waals surface area contributed by atoms with E-state index in [9.17, 15) is 4.79 Å². The summed E-state index contributed by atoms with van der Waals surface area (Å²) in [5, 5.41) is 8.91. The lowest BCUT2D eigenvalue weighted by Gasteiger charge is -2.17. The molecular formula is C14H19NO2. The van der Waals surface area contributed by atoms with Crippen LogP contribution in [0.25, 0.3) is 0 Å². The van der Waals surface area contributed by atoms with Crippen molar-refractivity contribution >= 4 is 5.91 Å². The number of aryl methyl sites for hydroxylation is 1. The number of aliphatic hydroxyl groups excluding tert-OH is 1. The molecule has 1 amide bonds. The minimum absolute atomic E-state index is 0.128. The number of benzene rings is 1. The van der Waals surface area contributed by atoms with Crippen LogP contribution in [-0.2, 0) is 0 Å². The molecule has 1 aliphatic heterocycles. The van der Waals surface area contributed by atoms with Crippen molar-refractivity contribution in [1.29, 1.82) is 0 Å². The van der Waals surface area contributed by atoms with Crippen LogP contribution in [0, 0.1) is 12.8 Å². The van der Waals surface area contributed by atoms with Crippen molar-refractivity contribution in [1.82, 2.24) is 4.90 Å². The van der Waals surface area contributed by atoms with E-state index in [0.29, 0.717) is 5.92 Å². The molecule has 0 saturated carbocycles. The second-order valence-corrected chi connectivity index (χ2v) is 4.73. The van der Waals surface area contributed by atoms with E-state index in [-0.39, 0.29) is 12.5 Å². The SMILES string of the molecule is Cc1ccccc1C(=O)N1CCC(CCO)C1. The topological polar surface area (TPSA) is 40.5 Å². The molecule has 92 valence electrons. The van der Waals surface area contributed by atoms with Gasteiger partial charge in [0.05, 0.1) is 0 Å². The number of nitrogens with zero attached hydrogens (tertiary/aromatic N) is 1. The van der Waals surface area contributed by atoms with Crippen molar-refractivity contribution in [2.75, 3.05) is 19.7 Å². The third-order valence-corrected chi connectivity index (χ3v) is 3.49. The van der Waals surface area contributed by atoms with Crippen molar-refractivity contribution in [3.8, 4) is 0 Å². The molecule has 1 N–H and O–H groups in total. The largest absolute Gasteiger partial charge is 0.396 e. The maximum absolute atomic E-state index is 12.3. The molecule has 1 aliphatic rings. The first-order valence-electron chi connectivity index (χ1n) is 6.18. The number of hydrogen-bond acceptors (Lipinski definition) is 2. The van der Waals surface area contributed by atoms with Gasteiger partial charge in [-0.25, -0.2) is 0 Å². The number of carbonyl (C=O) groups excluding carboxylic acids is 1. The summed E-state index contributed by atoms with van der Waals surface area (Å²) < 4.78 is 0. The van der Waals surface area contributed by atoms with Gasteiger partial charge in [-0.05, 0) is 37.3 Å². The van der Waals surface area contributed by atoms with E-state index in [1.807, 2.05) is 36.1 Å². The summed E-state index contributed by atoms with van der Waals surface area (Å²) in [6, 6.07) is 7.71. The Kier molecular flexibility index (Phi) is 3.79. The van der Waals surface area contributed by atoms with Gasteiger partial charge >= 0.3 is 0 Å². The molecule has 1 saturated heterocycles. The van der Waals surface area contributed by atoms with Crippen molar-refractivity contribution in [3.05, 3.63) is 35.4 Å². The smallest absolute Gasteiger partial charge is 0.254 e. The molecule has 1 aromatic carbocycles. The normalized spacial score (nSPS) is 19.6. The van der Waals surface area contributed by atoms with Gasteiger partial charge in [-0.15, -0.1) is 0 Å². The predicted octanol–water partition coefficient (Wildman–Crippen LogP) is 1.84. The van der Waals surface area contributed by atoms with E-state index in [2.05, 4.69) is 0 Å². The highest BCUT2D eigenvalue weighted by molar-refractivity contribution is 5.95. The number of amides is 1. The monoisotopic (exact) mass is 233 g/mol. The van der Waals surface area contributed by atoms with Gasteiger partial charge in [0, 0.05) is 25.3 Å². The fourth-order valence-corrected chi connectivity index (χ4v) is 2.42. The van der Waals surface area contributed by atoms with Gasteiger partial charge in [0.1, 0.15) is 0 Å². The highest BCUT2D eigenvalue weighted by Crippen LogP contribution is 2.22. The molecule has 0 spiro atoms. The molecule has 0 aromatic heterocycles. The number of carbonyl (C=O) groups is 1. The average Bonchev–Trinajstić information content (AvgIpc) is 2.78. The first-order chi connectivity index (χ1) is 8.22. The molecule has 1 unspecified atom stereocenters. The quantitative estimate of drug-likeness (QED) is 0.865. The minimum atomic E-state index is 0.128. The standard InChI is InChI=1S/C14H19NO2/c1-11-4-2-3-5-13(11)14(17)15-8-6-12(10-15)7-9-16/h2-5,12,16H,6-10H2,1H3. The molecule has 1 heterocycles. The van der Waals surface area contributed by atoms with Crippen LogP contribution in [0.4, 0.5) is 0 Å². The van der Waals surface area contributed by atoms with Crippen LogP contribution in [0.3, 0.4) is 0 Å². The molecule has 0 bridgehead atoms. The Hall–Kier alpha value is -1.35.